The van der Waals surface area contributed by atoms with Crippen molar-refractivity contribution in [2.45, 2.75) is 26.1 Å². The summed E-state index contributed by atoms with van der Waals surface area (Å²) in [4.78, 5) is 0. The smallest absolute Gasteiger partial charge is 0.406 e. The van der Waals surface area contributed by atoms with Gasteiger partial charge in [0.2, 0.25) is 0 Å². The number of benzene rings is 1. The molecule has 0 amide bonds. The molecule has 1 nitrogen and oxygen atoms in total. The molecule has 0 saturated heterocycles. The average molecular weight is 217 g/mol. The highest BCUT2D eigenvalue weighted by molar-refractivity contribution is 5.37. The van der Waals surface area contributed by atoms with Gasteiger partial charge >= 0.3 is 6.36 Å². The van der Waals surface area contributed by atoms with Gasteiger partial charge < -0.3 is 4.74 Å². The molecular weight excluding hydrogens is 205 g/mol. The molecule has 0 aliphatic heterocycles. The van der Waals surface area contributed by atoms with E-state index in [1.165, 1.54) is 12.1 Å². The third kappa shape index (κ3) is 3.81. The molecular formula is C11H12F3O. The monoisotopic (exact) mass is 217 g/mol. The van der Waals surface area contributed by atoms with Crippen molar-refractivity contribution in [3.05, 3.63) is 36.2 Å². The quantitative estimate of drug-likeness (QED) is 0.749. The van der Waals surface area contributed by atoms with Crippen LogP contribution in [0.15, 0.2) is 18.2 Å². The second kappa shape index (κ2) is 4.55. The van der Waals surface area contributed by atoms with E-state index >= 15 is 0 Å². The van der Waals surface area contributed by atoms with Crippen LogP contribution in [0.25, 0.3) is 0 Å². The van der Waals surface area contributed by atoms with Gasteiger partial charge in [0, 0.05) is 0 Å². The molecule has 0 spiro atoms. The Kier molecular flexibility index (Phi) is 3.61. The highest BCUT2D eigenvalue weighted by Crippen LogP contribution is 2.25. The molecule has 0 aromatic heterocycles. The molecule has 0 heterocycles. The Bertz CT molecular complexity index is 331. The predicted octanol–water partition coefficient (Wildman–Crippen LogP) is 3.72. The van der Waals surface area contributed by atoms with E-state index in [4.69, 9.17) is 0 Å². The molecule has 0 aliphatic rings. The first-order chi connectivity index (χ1) is 6.92. The van der Waals surface area contributed by atoms with Crippen LogP contribution in [-0.4, -0.2) is 6.36 Å². The van der Waals surface area contributed by atoms with E-state index in [2.05, 4.69) is 11.7 Å². The summed E-state index contributed by atoms with van der Waals surface area (Å²) in [5, 5.41) is 0. The number of hydrogen-bond donors (Lipinski definition) is 0. The summed E-state index contributed by atoms with van der Waals surface area (Å²) in [6, 6.07) is 4.23. The van der Waals surface area contributed by atoms with E-state index in [0.29, 0.717) is 5.56 Å². The Morgan fingerprint density at radius 2 is 2.00 bits per heavy atom. The largest absolute Gasteiger partial charge is 0.573 e. The summed E-state index contributed by atoms with van der Waals surface area (Å²) in [5.74, 6) is -0.215. The van der Waals surface area contributed by atoms with Crippen LogP contribution in [-0.2, 0) is 6.42 Å². The second-order valence-electron chi connectivity index (χ2n) is 3.23. The standard InChI is InChI=1S/C11H12F3O/c1-3-4-9-5-6-10(7-8(9)2)15-11(12,13)14/h5-7H,2-4H2,1H3. The molecule has 0 N–H and O–H groups in total. The lowest BCUT2D eigenvalue weighted by molar-refractivity contribution is -0.274. The van der Waals surface area contributed by atoms with Crippen LogP contribution in [0, 0.1) is 6.92 Å². The van der Waals surface area contributed by atoms with Crippen molar-refractivity contribution in [2.75, 3.05) is 0 Å². The lowest BCUT2D eigenvalue weighted by Crippen LogP contribution is -2.17. The molecule has 0 saturated carbocycles. The Balaban J connectivity index is 2.82. The van der Waals surface area contributed by atoms with Crippen molar-refractivity contribution >= 4 is 0 Å². The van der Waals surface area contributed by atoms with E-state index in [0.717, 1.165) is 18.4 Å². The number of aryl methyl sites for hydroxylation is 1. The number of alkyl halides is 3. The normalized spacial score (nSPS) is 11.5. The third-order valence-electron chi connectivity index (χ3n) is 1.93. The third-order valence-corrected chi connectivity index (χ3v) is 1.93. The minimum atomic E-state index is -4.64. The maximum Gasteiger partial charge on any atom is 0.573 e. The number of ether oxygens (including phenoxy) is 1. The maximum absolute atomic E-state index is 11.9. The number of hydrogen-bond acceptors (Lipinski definition) is 1. The molecule has 0 bridgehead atoms. The zero-order valence-electron chi connectivity index (χ0n) is 8.40. The Labute approximate surface area is 86.9 Å². The van der Waals surface area contributed by atoms with E-state index in [-0.39, 0.29) is 5.75 Å². The van der Waals surface area contributed by atoms with Crippen LogP contribution in [0.5, 0.6) is 5.75 Å². The molecule has 1 radical (unpaired) electrons. The first-order valence-electron chi connectivity index (χ1n) is 4.63. The van der Waals surface area contributed by atoms with Crippen molar-refractivity contribution in [3.8, 4) is 5.75 Å². The summed E-state index contributed by atoms with van der Waals surface area (Å²) in [6.45, 7) is 5.68. The van der Waals surface area contributed by atoms with Gasteiger partial charge in [-0.3, -0.25) is 0 Å². The summed E-state index contributed by atoms with van der Waals surface area (Å²) in [6.07, 6.45) is -2.90. The van der Waals surface area contributed by atoms with Gasteiger partial charge in [-0.05, 0) is 36.6 Å². The Morgan fingerprint density at radius 3 is 2.47 bits per heavy atom. The van der Waals surface area contributed by atoms with E-state index in [9.17, 15) is 13.2 Å². The van der Waals surface area contributed by atoms with Crippen LogP contribution in [0.2, 0.25) is 0 Å². The van der Waals surface area contributed by atoms with E-state index in [1.54, 1.807) is 6.07 Å². The fourth-order valence-electron chi connectivity index (χ4n) is 1.31. The molecule has 83 valence electrons. The Hall–Kier alpha value is -1.19. The van der Waals surface area contributed by atoms with Crippen molar-refractivity contribution in [2.24, 2.45) is 0 Å². The molecule has 1 aromatic carbocycles. The molecule has 4 heteroatoms. The predicted molar refractivity (Wildman–Crippen MR) is 51.6 cm³/mol. The van der Waals surface area contributed by atoms with Gasteiger partial charge in [-0.1, -0.05) is 19.4 Å². The molecule has 1 aromatic rings. The summed E-state index contributed by atoms with van der Waals surface area (Å²) >= 11 is 0. The summed E-state index contributed by atoms with van der Waals surface area (Å²) in [5.41, 5.74) is 1.53. The lowest BCUT2D eigenvalue weighted by Gasteiger charge is -2.11. The molecule has 0 fully saturated rings. The first-order valence-corrected chi connectivity index (χ1v) is 4.63. The summed E-state index contributed by atoms with van der Waals surface area (Å²) < 4.78 is 39.4. The fraction of sp³-hybridized carbons (Fsp3) is 0.364. The van der Waals surface area contributed by atoms with Gasteiger partial charge in [0.1, 0.15) is 5.75 Å². The van der Waals surface area contributed by atoms with Crippen LogP contribution >= 0.6 is 0 Å². The lowest BCUT2D eigenvalue weighted by atomic mass is 10.0. The zero-order valence-corrected chi connectivity index (χ0v) is 8.40. The van der Waals surface area contributed by atoms with Gasteiger partial charge in [-0.15, -0.1) is 13.2 Å². The highest BCUT2D eigenvalue weighted by Gasteiger charge is 2.31. The van der Waals surface area contributed by atoms with Crippen LogP contribution < -0.4 is 4.74 Å². The topological polar surface area (TPSA) is 9.23 Å². The van der Waals surface area contributed by atoms with Crippen molar-refractivity contribution in [3.63, 3.8) is 0 Å². The SMILES string of the molecule is [CH2]c1cc(OC(F)(F)F)ccc1CCC. The van der Waals surface area contributed by atoms with Crippen LogP contribution in [0.1, 0.15) is 24.5 Å². The van der Waals surface area contributed by atoms with E-state index in [1.807, 2.05) is 6.92 Å². The molecule has 0 atom stereocenters. The number of halogens is 3. The molecule has 15 heavy (non-hydrogen) atoms. The van der Waals surface area contributed by atoms with Crippen LogP contribution in [0.4, 0.5) is 13.2 Å². The first kappa shape index (κ1) is 11.9. The van der Waals surface area contributed by atoms with Gasteiger partial charge in [0.05, 0.1) is 0 Å². The number of rotatable bonds is 3. The highest BCUT2D eigenvalue weighted by atomic mass is 19.4. The minimum Gasteiger partial charge on any atom is -0.406 e. The fourth-order valence-corrected chi connectivity index (χ4v) is 1.31. The Morgan fingerprint density at radius 1 is 1.33 bits per heavy atom. The van der Waals surface area contributed by atoms with Crippen molar-refractivity contribution in [1.82, 2.24) is 0 Å². The van der Waals surface area contributed by atoms with Crippen molar-refractivity contribution < 1.29 is 17.9 Å². The second-order valence-corrected chi connectivity index (χ2v) is 3.23. The summed E-state index contributed by atoms with van der Waals surface area (Å²) in [7, 11) is 0. The molecule has 0 aliphatic carbocycles. The van der Waals surface area contributed by atoms with Crippen molar-refractivity contribution in [1.29, 1.82) is 0 Å². The van der Waals surface area contributed by atoms with E-state index < -0.39 is 6.36 Å². The zero-order chi connectivity index (χ0) is 11.5. The minimum absolute atomic E-state index is 0.215. The van der Waals surface area contributed by atoms with Crippen LogP contribution in [0.3, 0.4) is 0 Å². The molecule has 1 rings (SSSR count). The van der Waals surface area contributed by atoms with Gasteiger partial charge in [-0.2, -0.15) is 0 Å². The average Bonchev–Trinajstić information content (AvgIpc) is 2.07. The van der Waals surface area contributed by atoms with Gasteiger partial charge in [0.25, 0.3) is 0 Å². The van der Waals surface area contributed by atoms with Gasteiger partial charge in [0.15, 0.2) is 0 Å². The van der Waals surface area contributed by atoms with Gasteiger partial charge in [-0.25, -0.2) is 0 Å². The maximum atomic E-state index is 11.9. The molecule has 0 unspecified atom stereocenters.